The van der Waals surface area contributed by atoms with E-state index in [9.17, 15) is 4.79 Å². The van der Waals surface area contributed by atoms with Crippen molar-refractivity contribution in [1.29, 1.82) is 0 Å². The van der Waals surface area contributed by atoms with Crippen LogP contribution in [0, 0.1) is 12.3 Å². The molecular formula is C8H11NO. The second kappa shape index (κ2) is 4.63. The highest BCUT2D eigenvalue weighted by molar-refractivity contribution is 5.86. The van der Waals surface area contributed by atoms with Crippen LogP contribution in [-0.4, -0.2) is 24.4 Å². The number of rotatable bonds is 3. The van der Waals surface area contributed by atoms with Crippen molar-refractivity contribution < 1.29 is 4.79 Å². The molecule has 2 nitrogen and oxygen atoms in total. The van der Waals surface area contributed by atoms with Gasteiger partial charge >= 0.3 is 0 Å². The third-order valence-corrected chi connectivity index (χ3v) is 1.14. The lowest BCUT2D eigenvalue weighted by atomic mass is 10.4. The van der Waals surface area contributed by atoms with E-state index >= 15 is 0 Å². The summed E-state index contributed by atoms with van der Waals surface area (Å²) in [6.45, 7) is 3.95. The Morgan fingerprint density at radius 3 is 2.90 bits per heavy atom. The Hall–Kier alpha value is -1.23. The number of carbonyl (C=O) groups excluding carboxylic acids is 1. The number of nitrogens with zero attached hydrogens (tertiary/aromatic N) is 1. The van der Waals surface area contributed by atoms with E-state index < -0.39 is 0 Å². The summed E-state index contributed by atoms with van der Waals surface area (Å²) in [5, 5.41) is 0. The zero-order valence-corrected chi connectivity index (χ0v) is 6.13. The predicted octanol–water partition coefficient (Wildman–Crippen LogP) is 0.654. The summed E-state index contributed by atoms with van der Waals surface area (Å²) < 4.78 is 0. The SMILES string of the molecule is C#CCCN(C)C(=O)C=C. The Bertz CT molecular complexity index is 167. The number of hydrogen-bond donors (Lipinski definition) is 0. The van der Waals surface area contributed by atoms with E-state index in [4.69, 9.17) is 6.42 Å². The van der Waals surface area contributed by atoms with Crippen LogP contribution in [0.25, 0.3) is 0 Å². The molecule has 0 rings (SSSR count). The van der Waals surface area contributed by atoms with Crippen LogP contribution < -0.4 is 0 Å². The molecule has 0 radical (unpaired) electrons. The van der Waals surface area contributed by atoms with Crippen LogP contribution in [0.1, 0.15) is 6.42 Å². The molecule has 0 unspecified atom stereocenters. The van der Waals surface area contributed by atoms with Gasteiger partial charge in [-0.25, -0.2) is 0 Å². The molecule has 0 saturated heterocycles. The predicted molar refractivity (Wildman–Crippen MR) is 41.3 cm³/mol. The van der Waals surface area contributed by atoms with Gasteiger partial charge in [0.1, 0.15) is 0 Å². The van der Waals surface area contributed by atoms with Gasteiger partial charge in [0.2, 0.25) is 5.91 Å². The highest BCUT2D eigenvalue weighted by Crippen LogP contribution is 1.87. The fourth-order valence-electron chi connectivity index (χ4n) is 0.498. The van der Waals surface area contributed by atoms with Gasteiger partial charge in [-0.05, 0) is 6.08 Å². The standard InChI is InChI=1S/C8H11NO/c1-4-6-7-9(3)8(10)5-2/h1,5H,2,6-7H2,3H3. The number of likely N-dealkylation sites (N-methyl/N-ethyl adjacent to an activating group) is 1. The summed E-state index contributed by atoms with van der Waals surface area (Å²) in [4.78, 5) is 12.3. The summed E-state index contributed by atoms with van der Waals surface area (Å²) >= 11 is 0. The van der Waals surface area contributed by atoms with Crippen LogP contribution in [0.4, 0.5) is 0 Å². The smallest absolute Gasteiger partial charge is 0.245 e. The molecule has 2 heteroatoms. The number of terminal acetylenes is 1. The first-order valence-electron chi connectivity index (χ1n) is 3.03. The Labute approximate surface area is 61.5 Å². The van der Waals surface area contributed by atoms with Crippen molar-refractivity contribution in [2.45, 2.75) is 6.42 Å². The van der Waals surface area contributed by atoms with Crippen molar-refractivity contribution in [1.82, 2.24) is 4.90 Å². The van der Waals surface area contributed by atoms with Gasteiger partial charge in [0.25, 0.3) is 0 Å². The number of amides is 1. The van der Waals surface area contributed by atoms with Crippen molar-refractivity contribution in [3.63, 3.8) is 0 Å². The molecule has 1 amide bonds. The van der Waals surface area contributed by atoms with E-state index in [1.165, 1.54) is 11.0 Å². The Kier molecular flexibility index (Phi) is 4.06. The monoisotopic (exact) mass is 137 g/mol. The van der Waals surface area contributed by atoms with Crippen molar-refractivity contribution in [3.8, 4) is 12.3 Å². The molecule has 0 N–H and O–H groups in total. The van der Waals surface area contributed by atoms with Gasteiger partial charge in [-0.2, -0.15) is 0 Å². The zero-order chi connectivity index (χ0) is 7.98. The largest absolute Gasteiger partial charge is 0.341 e. The molecule has 0 aromatic carbocycles. The van der Waals surface area contributed by atoms with Gasteiger partial charge in [0.05, 0.1) is 0 Å². The van der Waals surface area contributed by atoms with Crippen LogP contribution >= 0.6 is 0 Å². The van der Waals surface area contributed by atoms with Gasteiger partial charge in [-0.15, -0.1) is 12.3 Å². The van der Waals surface area contributed by atoms with Crippen molar-refractivity contribution in [2.24, 2.45) is 0 Å². The minimum absolute atomic E-state index is 0.0877. The highest BCUT2D eigenvalue weighted by Gasteiger charge is 2.00. The second-order valence-corrected chi connectivity index (χ2v) is 1.92. The van der Waals surface area contributed by atoms with Gasteiger partial charge in [-0.3, -0.25) is 4.79 Å². The van der Waals surface area contributed by atoms with Crippen molar-refractivity contribution in [2.75, 3.05) is 13.6 Å². The topological polar surface area (TPSA) is 20.3 Å². The summed E-state index contributed by atoms with van der Waals surface area (Å²) in [5.74, 6) is 2.36. The minimum atomic E-state index is -0.0877. The molecule has 0 aliphatic rings. The first-order chi connectivity index (χ1) is 4.72. The van der Waals surface area contributed by atoms with Crippen LogP contribution in [0.15, 0.2) is 12.7 Å². The average molecular weight is 137 g/mol. The van der Waals surface area contributed by atoms with Crippen LogP contribution in [0.2, 0.25) is 0 Å². The number of carbonyl (C=O) groups is 1. The molecule has 10 heavy (non-hydrogen) atoms. The molecule has 0 aliphatic heterocycles. The van der Waals surface area contributed by atoms with Gasteiger partial charge in [-0.1, -0.05) is 6.58 Å². The number of hydrogen-bond acceptors (Lipinski definition) is 1. The van der Waals surface area contributed by atoms with Crippen LogP contribution in [0.5, 0.6) is 0 Å². The quantitative estimate of drug-likeness (QED) is 0.413. The molecule has 0 bridgehead atoms. The summed E-state index contributed by atoms with van der Waals surface area (Å²) in [5.41, 5.74) is 0. The van der Waals surface area contributed by atoms with E-state index in [1.54, 1.807) is 7.05 Å². The van der Waals surface area contributed by atoms with E-state index in [0.29, 0.717) is 13.0 Å². The first kappa shape index (κ1) is 8.77. The molecule has 0 heterocycles. The van der Waals surface area contributed by atoms with E-state index in [0.717, 1.165) is 0 Å². The molecular weight excluding hydrogens is 126 g/mol. The van der Waals surface area contributed by atoms with E-state index in [-0.39, 0.29) is 5.91 Å². The molecule has 0 saturated carbocycles. The van der Waals surface area contributed by atoms with Crippen molar-refractivity contribution >= 4 is 5.91 Å². The Balaban J connectivity index is 3.63. The Morgan fingerprint density at radius 1 is 1.90 bits per heavy atom. The third-order valence-electron chi connectivity index (χ3n) is 1.14. The summed E-state index contributed by atoms with van der Waals surface area (Å²) in [6.07, 6.45) is 6.87. The van der Waals surface area contributed by atoms with E-state index in [1.807, 2.05) is 0 Å². The maximum atomic E-state index is 10.8. The summed E-state index contributed by atoms with van der Waals surface area (Å²) in [6, 6.07) is 0. The van der Waals surface area contributed by atoms with Gasteiger partial charge < -0.3 is 4.90 Å². The normalized spacial score (nSPS) is 8.00. The van der Waals surface area contributed by atoms with Gasteiger partial charge in [0, 0.05) is 20.0 Å². The fourth-order valence-corrected chi connectivity index (χ4v) is 0.498. The van der Waals surface area contributed by atoms with Crippen LogP contribution in [0.3, 0.4) is 0 Å². The lowest BCUT2D eigenvalue weighted by Gasteiger charge is -2.11. The molecule has 0 atom stereocenters. The van der Waals surface area contributed by atoms with Crippen molar-refractivity contribution in [3.05, 3.63) is 12.7 Å². The molecule has 0 fully saturated rings. The molecule has 0 aromatic heterocycles. The van der Waals surface area contributed by atoms with Crippen LogP contribution in [-0.2, 0) is 4.79 Å². The molecule has 54 valence electrons. The maximum Gasteiger partial charge on any atom is 0.245 e. The minimum Gasteiger partial charge on any atom is -0.341 e. The molecule has 0 spiro atoms. The molecule has 0 aliphatic carbocycles. The lowest BCUT2D eigenvalue weighted by Crippen LogP contribution is -2.25. The van der Waals surface area contributed by atoms with E-state index in [2.05, 4.69) is 12.5 Å². The average Bonchev–Trinajstić information content (AvgIpc) is 1.98. The zero-order valence-electron chi connectivity index (χ0n) is 6.13. The third kappa shape index (κ3) is 2.93. The lowest BCUT2D eigenvalue weighted by molar-refractivity contribution is -0.124. The Morgan fingerprint density at radius 2 is 2.50 bits per heavy atom. The van der Waals surface area contributed by atoms with Gasteiger partial charge in [0.15, 0.2) is 0 Å². The second-order valence-electron chi connectivity index (χ2n) is 1.92. The highest BCUT2D eigenvalue weighted by atomic mass is 16.2. The maximum absolute atomic E-state index is 10.8. The summed E-state index contributed by atoms with van der Waals surface area (Å²) in [7, 11) is 1.70. The fraction of sp³-hybridized carbons (Fsp3) is 0.375. The molecule has 0 aromatic rings. The first-order valence-corrected chi connectivity index (χ1v) is 3.03.